The third-order valence-electron chi connectivity index (χ3n) is 3.60. The van der Waals surface area contributed by atoms with Crippen LogP contribution in [0.3, 0.4) is 0 Å². The van der Waals surface area contributed by atoms with E-state index < -0.39 is 0 Å². The number of hydrogen-bond acceptors (Lipinski definition) is 1. The Bertz CT molecular complexity index is 780. The zero-order valence-corrected chi connectivity index (χ0v) is 14.2. The first kappa shape index (κ1) is 14.6. The van der Waals surface area contributed by atoms with Crippen LogP contribution in [0.2, 0.25) is 0 Å². The van der Waals surface area contributed by atoms with Crippen LogP contribution in [0.1, 0.15) is 17.0 Å². The fraction of sp³-hybridized carbons (Fsp3) is 0.235. The number of nitrogens with zero attached hydrogens (tertiary/aromatic N) is 2. The lowest BCUT2D eigenvalue weighted by Crippen LogP contribution is -2.06. The number of halogens is 2. The molecule has 1 heterocycles. The second-order valence-corrected chi connectivity index (χ2v) is 6.42. The summed E-state index contributed by atoms with van der Waals surface area (Å²) in [5, 5.41) is 0. The van der Waals surface area contributed by atoms with Crippen molar-refractivity contribution in [2.45, 2.75) is 19.9 Å². The molecule has 0 saturated carbocycles. The van der Waals surface area contributed by atoms with Crippen molar-refractivity contribution in [1.29, 1.82) is 0 Å². The average Bonchev–Trinajstić information content (AvgIpc) is 2.79. The van der Waals surface area contributed by atoms with Gasteiger partial charge in [0.15, 0.2) is 0 Å². The third kappa shape index (κ3) is 2.99. The number of benzene rings is 2. The minimum absolute atomic E-state index is 0.584. The van der Waals surface area contributed by atoms with Gasteiger partial charge in [-0.3, -0.25) is 0 Å². The summed E-state index contributed by atoms with van der Waals surface area (Å²) in [6.45, 7) is 2.94. The van der Waals surface area contributed by atoms with Gasteiger partial charge in [0, 0.05) is 23.3 Å². The molecule has 0 aliphatic heterocycles. The highest BCUT2D eigenvalue weighted by atomic mass is 79.9. The monoisotopic (exact) mass is 362 g/mol. The van der Waals surface area contributed by atoms with Gasteiger partial charge in [0.2, 0.25) is 0 Å². The molecule has 0 atom stereocenters. The minimum Gasteiger partial charge on any atom is -0.323 e. The molecule has 0 fully saturated rings. The van der Waals surface area contributed by atoms with Crippen LogP contribution in [-0.4, -0.2) is 15.4 Å². The summed E-state index contributed by atoms with van der Waals surface area (Å²) in [4.78, 5) is 4.75. The van der Waals surface area contributed by atoms with Crippen LogP contribution in [-0.2, 0) is 13.0 Å². The highest BCUT2D eigenvalue weighted by Crippen LogP contribution is 2.23. The summed E-state index contributed by atoms with van der Waals surface area (Å²) in [5.74, 6) is 1.63. The van der Waals surface area contributed by atoms with Gasteiger partial charge in [-0.05, 0) is 36.2 Å². The number of aromatic nitrogens is 2. The van der Waals surface area contributed by atoms with E-state index in [1.807, 2.05) is 6.07 Å². The highest BCUT2D eigenvalue weighted by Gasteiger charge is 2.12. The molecule has 0 bridgehead atoms. The van der Waals surface area contributed by atoms with Gasteiger partial charge < -0.3 is 4.57 Å². The van der Waals surface area contributed by atoms with Crippen LogP contribution in [0, 0.1) is 6.92 Å². The van der Waals surface area contributed by atoms with Gasteiger partial charge in [-0.15, -0.1) is 11.6 Å². The molecule has 2 aromatic carbocycles. The Balaban J connectivity index is 2.12. The van der Waals surface area contributed by atoms with Gasteiger partial charge in [-0.1, -0.05) is 40.2 Å². The molecule has 0 aliphatic carbocycles. The smallest absolute Gasteiger partial charge is 0.111 e. The SMILES string of the molecule is Cc1cccc2nc(CCCl)n(Cc3cccc(Br)c3)c12. The second-order valence-electron chi connectivity index (χ2n) is 5.13. The maximum atomic E-state index is 5.94. The zero-order chi connectivity index (χ0) is 14.8. The van der Waals surface area contributed by atoms with Crippen molar-refractivity contribution in [2.75, 3.05) is 5.88 Å². The van der Waals surface area contributed by atoms with E-state index in [0.717, 1.165) is 28.8 Å². The number of imidazole rings is 1. The molecule has 4 heteroatoms. The van der Waals surface area contributed by atoms with Crippen molar-refractivity contribution in [2.24, 2.45) is 0 Å². The molecule has 0 unspecified atom stereocenters. The van der Waals surface area contributed by atoms with E-state index in [4.69, 9.17) is 16.6 Å². The molecular weight excluding hydrogens is 348 g/mol. The van der Waals surface area contributed by atoms with Gasteiger partial charge in [-0.2, -0.15) is 0 Å². The molecule has 1 aromatic heterocycles. The van der Waals surface area contributed by atoms with Gasteiger partial charge in [-0.25, -0.2) is 4.98 Å². The zero-order valence-electron chi connectivity index (χ0n) is 11.8. The number of fused-ring (bicyclic) bond motifs is 1. The van der Waals surface area contributed by atoms with Gasteiger partial charge in [0.1, 0.15) is 5.82 Å². The van der Waals surface area contributed by atoms with Crippen LogP contribution >= 0.6 is 27.5 Å². The highest BCUT2D eigenvalue weighted by molar-refractivity contribution is 9.10. The van der Waals surface area contributed by atoms with Crippen LogP contribution in [0.15, 0.2) is 46.9 Å². The number of rotatable bonds is 4. The summed E-state index contributed by atoms with van der Waals surface area (Å²) in [6.07, 6.45) is 0.781. The van der Waals surface area contributed by atoms with E-state index in [-0.39, 0.29) is 0 Å². The molecular formula is C17H16BrClN2. The maximum Gasteiger partial charge on any atom is 0.111 e. The molecule has 3 aromatic rings. The van der Waals surface area contributed by atoms with Crippen molar-refractivity contribution in [1.82, 2.24) is 9.55 Å². The molecule has 0 aliphatic rings. The summed E-state index contributed by atoms with van der Waals surface area (Å²) in [7, 11) is 0. The largest absolute Gasteiger partial charge is 0.323 e. The van der Waals surface area contributed by atoms with E-state index in [0.29, 0.717) is 5.88 Å². The van der Waals surface area contributed by atoms with E-state index in [9.17, 15) is 0 Å². The lowest BCUT2D eigenvalue weighted by Gasteiger charge is -2.10. The first-order chi connectivity index (χ1) is 10.2. The van der Waals surface area contributed by atoms with Crippen LogP contribution in [0.25, 0.3) is 11.0 Å². The van der Waals surface area contributed by atoms with Gasteiger partial charge in [0.25, 0.3) is 0 Å². The molecule has 0 radical (unpaired) electrons. The average molecular weight is 364 g/mol. The number of aryl methyl sites for hydroxylation is 2. The van der Waals surface area contributed by atoms with E-state index in [1.54, 1.807) is 0 Å². The van der Waals surface area contributed by atoms with Crippen LogP contribution in [0.5, 0.6) is 0 Å². The van der Waals surface area contributed by atoms with Crippen LogP contribution in [0.4, 0.5) is 0 Å². The fourth-order valence-electron chi connectivity index (χ4n) is 2.68. The summed E-state index contributed by atoms with van der Waals surface area (Å²) < 4.78 is 3.38. The molecule has 0 N–H and O–H groups in total. The minimum atomic E-state index is 0.584. The molecule has 0 spiro atoms. The quantitative estimate of drug-likeness (QED) is 0.601. The Morgan fingerprint density at radius 3 is 2.76 bits per heavy atom. The van der Waals surface area contributed by atoms with Crippen LogP contribution < -0.4 is 0 Å². The molecule has 0 amide bonds. The van der Waals surface area contributed by atoms with Crippen molar-refractivity contribution >= 4 is 38.6 Å². The van der Waals surface area contributed by atoms with Gasteiger partial charge >= 0.3 is 0 Å². The number of alkyl halides is 1. The van der Waals surface area contributed by atoms with E-state index in [1.165, 1.54) is 16.6 Å². The summed E-state index contributed by atoms with van der Waals surface area (Å²) in [6, 6.07) is 14.6. The lowest BCUT2D eigenvalue weighted by molar-refractivity contribution is 0.753. The Hall–Kier alpha value is -1.32. The molecule has 2 nitrogen and oxygen atoms in total. The van der Waals surface area contributed by atoms with Gasteiger partial charge in [0.05, 0.1) is 11.0 Å². The first-order valence-corrected chi connectivity index (χ1v) is 8.27. The normalized spacial score (nSPS) is 11.2. The van der Waals surface area contributed by atoms with Crippen molar-refractivity contribution < 1.29 is 0 Å². The molecule has 21 heavy (non-hydrogen) atoms. The fourth-order valence-corrected chi connectivity index (χ4v) is 3.29. The van der Waals surface area contributed by atoms with Crippen molar-refractivity contribution in [3.63, 3.8) is 0 Å². The Morgan fingerprint density at radius 1 is 1.19 bits per heavy atom. The topological polar surface area (TPSA) is 17.8 Å². The van der Waals surface area contributed by atoms with E-state index in [2.05, 4.69) is 63.8 Å². The van der Waals surface area contributed by atoms with E-state index >= 15 is 0 Å². The maximum absolute atomic E-state index is 5.94. The number of hydrogen-bond donors (Lipinski definition) is 0. The molecule has 0 saturated heterocycles. The Labute approximate surface area is 137 Å². The molecule has 108 valence electrons. The Kier molecular flexibility index (Phi) is 4.32. The third-order valence-corrected chi connectivity index (χ3v) is 4.28. The van der Waals surface area contributed by atoms with Crippen molar-refractivity contribution in [3.8, 4) is 0 Å². The standard InChI is InChI=1S/C17H16BrClN2/c1-12-4-2-7-15-17(12)21(16(20-15)8-9-19)11-13-5-3-6-14(18)10-13/h2-7,10H,8-9,11H2,1H3. The summed E-state index contributed by atoms with van der Waals surface area (Å²) in [5.41, 5.74) is 4.75. The number of para-hydroxylation sites is 1. The van der Waals surface area contributed by atoms with Crippen molar-refractivity contribution in [3.05, 3.63) is 63.9 Å². The Morgan fingerprint density at radius 2 is 2.00 bits per heavy atom. The lowest BCUT2D eigenvalue weighted by atomic mass is 10.2. The second kappa shape index (κ2) is 6.20. The molecule has 3 rings (SSSR count). The summed E-state index contributed by atoms with van der Waals surface area (Å²) >= 11 is 9.48. The first-order valence-electron chi connectivity index (χ1n) is 6.94. The predicted octanol–water partition coefficient (Wildman–Crippen LogP) is 4.94. The predicted molar refractivity (Wildman–Crippen MR) is 92.1 cm³/mol.